The molecule has 0 unspecified atom stereocenters. The number of nitrogens with zero attached hydrogens (tertiary/aromatic N) is 2. The fourth-order valence-electron chi connectivity index (χ4n) is 2.19. The van der Waals surface area contributed by atoms with Crippen LogP contribution in [0.15, 0.2) is 52.1 Å². The molecule has 0 aliphatic rings. The van der Waals surface area contributed by atoms with Crippen LogP contribution in [0, 0.1) is 0 Å². The van der Waals surface area contributed by atoms with Gasteiger partial charge in [-0.25, -0.2) is 0 Å². The summed E-state index contributed by atoms with van der Waals surface area (Å²) in [6.07, 6.45) is 1.01. The number of hydrogen-bond donors (Lipinski definition) is 2. The Balaban J connectivity index is 2.47. The first kappa shape index (κ1) is 15.4. The Morgan fingerprint density at radius 2 is 1.90 bits per heavy atom. The molecule has 4 nitrogen and oxygen atoms in total. The topological polar surface area (TPSA) is 61.8 Å². The maximum atomic E-state index is 8.98. The van der Waals surface area contributed by atoms with E-state index in [0.717, 1.165) is 22.3 Å². The molecule has 0 bridgehead atoms. The molecule has 0 heterocycles. The molecular weight excluding hydrogens is 330 g/mol. The van der Waals surface area contributed by atoms with Gasteiger partial charge in [0.1, 0.15) is 0 Å². The maximum absolute atomic E-state index is 8.98. The fourth-order valence-corrected chi connectivity index (χ4v) is 2.75. The van der Waals surface area contributed by atoms with Crippen molar-refractivity contribution in [3.63, 3.8) is 0 Å². The Morgan fingerprint density at radius 1 is 1.24 bits per heavy atom. The number of aryl methyl sites for hydroxylation is 1. The van der Waals surface area contributed by atoms with Gasteiger partial charge in [0.05, 0.1) is 11.3 Å². The van der Waals surface area contributed by atoms with E-state index in [1.54, 1.807) is 0 Å². The van der Waals surface area contributed by atoms with Crippen LogP contribution in [0.4, 0.5) is 11.4 Å². The van der Waals surface area contributed by atoms with Crippen LogP contribution in [0.5, 0.6) is 0 Å². The monoisotopic (exact) mass is 347 g/mol. The minimum atomic E-state index is 0.0782. The number of hydrogen-bond acceptors (Lipinski definition) is 3. The van der Waals surface area contributed by atoms with Crippen LogP contribution in [-0.4, -0.2) is 18.1 Å². The van der Waals surface area contributed by atoms with Crippen molar-refractivity contribution >= 4 is 33.1 Å². The second-order valence-corrected chi connectivity index (χ2v) is 5.55. The summed E-state index contributed by atoms with van der Waals surface area (Å²) in [4.78, 5) is 2.01. The maximum Gasteiger partial charge on any atom is 0.173 e. The lowest BCUT2D eigenvalue weighted by atomic mass is 10.1. The van der Waals surface area contributed by atoms with Crippen molar-refractivity contribution in [1.82, 2.24) is 0 Å². The van der Waals surface area contributed by atoms with Gasteiger partial charge in [-0.1, -0.05) is 30.3 Å². The molecule has 0 aliphatic carbocycles. The minimum Gasteiger partial charge on any atom is -0.409 e. The molecule has 21 heavy (non-hydrogen) atoms. The third-order valence-corrected chi connectivity index (χ3v) is 4.11. The van der Waals surface area contributed by atoms with E-state index in [2.05, 4.69) is 52.3 Å². The lowest BCUT2D eigenvalue weighted by Gasteiger charge is -2.23. The van der Waals surface area contributed by atoms with Gasteiger partial charge < -0.3 is 15.8 Å². The lowest BCUT2D eigenvalue weighted by molar-refractivity contribution is 0.318. The van der Waals surface area contributed by atoms with Crippen LogP contribution in [0.3, 0.4) is 0 Å². The number of anilines is 2. The molecule has 0 radical (unpaired) electrons. The molecule has 0 aliphatic heterocycles. The molecule has 2 aromatic carbocycles. The summed E-state index contributed by atoms with van der Waals surface area (Å²) in [5.74, 6) is 0.0782. The van der Waals surface area contributed by atoms with Crippen LogP contribution >= 0.6 is 15.9 Å². The van der Waals surface area contributed by atoms with Crippen LogP contribution < -0.4 is 10.6 Å². The van der Waals surface area contributed by atoms with E-state index in [1.165, 1.54) is 5.56 Å². The predicted molar refractivity (Wildman–Crippen MR) is 90.5 cm³/mol. The van der Waals surface area contributed by atoms with Crippen LogP contribution in [-0.2, 0) is 6.42 Å². The summed E-state index contributed by atoms with van der Waals surface area (Å²) < 4.78 is 0.785. The smallest absolute Gasteiger partial charge is 0.173 e. The third-order valence-electron chi connectivity index (χ3n) is 3.45. The second kappa shape index (κ2) is 6.63. The van der Waals surface area contributed by atoms with Gasteiger partial charge in [-0.3, -0.25) is 0 Å². The second-order valence-electron chi connectivity index (χ2n) is 4.70. The first-order chi connectivity index (χ1) is 10.1. The van der Waals surface area contributed by atoms with Gasteiger partial charge in [0.2, 0.25) is 0 Å². The molecule has 2 aromatic rings. The molecule has 2 rings (SSSR count). The summed E-state index contributed by atoms with van der Waals surface area (Å²) in [5, 5.41) is 12.1. The molecule has 0 spiro atoms. The molecule has 3 N–H and O–H groups in total. The first-order valence-electron chi connectivity index (χ1n) is 6.67. The lowest BCUT2D eigenvalue weighted by Crippen LogP contribution is -2.20. The summed E-state index contributed by atoms with van der Waals surface area (Å²) >= 11 is 3.45. The normalized spacial score (nSPS) is 11.5. The number of halogens is 1. The molecule has 0 saturated heterocycles. The molecule has 0 atom stereocenters. The summed E-state index contributed by atoms with van der Waals surface area (Å²) in [6.45, 7) is 2.13. The van der Waals surface area contributed by atoms with Gasteiger partial charge in [-0.05, 0) is 52.2 Å². The quantitative estimate of drug-likeness (QED) is 0.382. The molecule has 5 heteroatoms. The highest BCUT2D eigenvalue weighted by atomic mass is 79.9. The van der Waals surface area contributed by atoms with E-state index in [9.17, 15) is 0 Å². The van der Waals surface area contributed by atoms with Crippen molar-refractivity contribution in [2.24, 2.45) is 10.9 Å². The van der Waals surface area contributed by atoms with E-state index < -0.39 is 0 Å². The number of nitrogens with two attached hydrogens (primary N) is 1. The summed E-state index contributed by atoms with van der Waals surface area (Å²) in [7, 11) is 1.96. The highest BCUT2D eigenvalue weighted by Gasteiger charge is 2.15. The average Bonchev–Trinajstić information content (AvgIpc) is 2.53. The summed E-state index contributed by atoms with van der Waals surface area (Å²) in [6, 6.07) is 14.1. The molecule has 0 amide bonds. The number of oxime groups is 1. The standard InChI is InChI=1S/C16H18BrN3O/c1-3-11-7-9-12(10-8-11)20(2)14-6-4-5-13(17)15(14)16(18)19-21/h4-10,21H,3H2,1-2H3,(H2,18,19). The van der Waals surface area contributed by atoms with Crippen LogP contribution in [0.25, 0.3) is 0 Å². The molecular formula is C16H18BrN3O. The SMILES string of the molecule is CCc1ccc(N(C)c2cccc(Br)c2/C(N)=N/O)cc1. The average molecular weight is 348 g/mol. The molecule has 0 saturated carbocycles. The zero-order valence-electron chi connectivity index (χ0n) is 12.0. The van der Waals surface area contributed by atoms with Crippen molar-refractivity contribution < 1.29 is 5.21 Å². The minimum absolute atomic E-state index is 0.0782. The van der Waals surface area contributed by atoms with Crippen molar-refractivity contribution in [2.75, 3.05) is 11.9 Å². The van der Waals surface area contributed by atoms with Crippen LogP contribution in [0.2, 0.25) is 0 Å². The van der Waals surface area contributed by atoms with Gasteiger partial charge in [-0.15, -0.1) is 0 Å². The highest BCUT2D eigenvalue weighted by molar-refractivity contribution is 9.10. The molecule has 110 valence electrons. The Labute approximate surface area is 133 Å². The Morgan fingerprint density at radius 3 is 2.48 bits per heavy atom. The van der Waals surface area contributed by atoms with E-state index in [1.807, 2.05) is 30.1 Å². The fraction of sp³-hybridized carbons (Fsp3) is 0.188. The Kier molecular flexibility index (Phi) is 4.85. The van der Waals surface area contributed by atoms with E-state index in [-0.39, 0.29) is 5.84 Å². The van der Waals surface area contributed by atoms with Crippen LogP contribution in [0.1, 0.15) is 18.1 Å². The predicted octanol–water partition coefficient (Wildman–Crippen LogP) is 3.87. The van der Waals surface area contributed by atoms with Gasteiger partial charge in [0.15, 0.2) is 5.84 Å². The zero-order valence-corrected chi connectivity index (χ0v) is 13.6. The Bertz CT molecular complexity index is 653. The van der Waals surface area contributed by atoms with Crippen molar-refractivity contribution in [3.8, 4) is 0 Å². The van der Waals surface area contributed by atoms with E-state index in [4.69, 9.17) is 10.9 Å². The third kappa shape index (κ3) is 3.19. The first-order valence-corrected chi connectivity index (χ1v) is 7.46. The Hall–Kier alpha value is -2.01. The van der Waals surface area contributed by atoms with Gasteiger partial charge in [0.25, 0.3) is 0 Å². The molecule has 0 fully saturated rings. The highest BCUT2D eigenvalue weighted by Crippen LogP contribution is 2.31. The van der Waals surface area contributed by atoms with Gasteiger partial charge in [0, 0.05) is 17.2 Å². The van der Waals surface area contributed by atoms with Crippen molar-refractivity contribution in [2.45, 2.75) is 13.3 Å². The number of amidine groups is 1. The van der Waals surface area contributed by atoms with E-state index >= 15 is 0 Å². The molecule has 0 aromatic heterocycles. The zero-order chi connectivity index (χ0) is 15.4. The number of benzene rings is 2. The number of rotatable bonds is 4. The van der Waals surface area contributed by atoms with Crippen molar-refractivity contribution in [1.29, 1.82) is 0 Å². The van der Waals surface area contributed by atoms with Gasteiger partial charge in [-0.2, -0.15) is 0 Å². The van der Waals surface area contributed by atoms with Gasteiger partial charge >= 0.3 is 0 Å². The largest absolute Gasteiger partial charge is 0.409 e. The summed E-state index contributed by atoms with van der Waals surface area (Å²) in [5.41, 5.74) is 9.66. The van der Waals surface area contributed by atoms with Crippen molar-refractivity contribution in [3.05, 3.63) is 58.1 Å². The van der Waals surface area contributed by atoms with E-state index in [0.29, 0.717) is 5.56 Å².